The molecule has 0 fully saturated rings. The Bertz CT molecular complexity index is 576. The number of nitrogen functional groups attached to an aromatic ring is 1. The normalized spacial score (nSPS) is 10.1. The second kappa shape index (κ2) is 5.10. The summed E-state index contributed by atoms with van der Waals surface area (Å²) in [5.74, 6) is -0.224. The van der Waals surface area contributed by atoms with E-state index in [0.717, 1.165) is 11.3 Å². The van der Waals surface area contributed by atoms with Gasteiger partial charge in [0.1, 0.15) is 0 Å². The molecule has 18 heavy (non-hydrogen) atoms. The van der Waals surface area contributed by atoms with E-state index in [9.17, 15) is 4.79 Å². The lowest BCUT2D eigenvalue weighted by molar-refractivity contribution is 0.102. The zero-order chi connectivity index (χ0) is 13.1. The second-order valence-electron chi connectivity index (χ2n) is 4.04. The van der Waals surface area contributed by atoms with Crippen molar-refractivity contribution >= 4 is 28.9 Å². The van der Waals surface area contributed by atoms with E-state index in [1.54, 1.807) is 18.2 Å². The van der Waals surface area contributed by atoms with Crippen LogP contribution < -0.4 is 11.1 Å². The lowest BCUT2D eigenvalue weighted by Crippen LogP contribution is -2.13. The highest BCUT2D eigenvalue weighted by Gasteiger charge is 2.08. The van der Waals surface area contributed by atoms with Gasteiger partial charge in [0.05, 0.1) is 0 Å². The number of nitrogens with two attached hydrogens (primary N) is 1. The maximum Gasteiger partial charge on any atom is 0.255 e. The number of hydrogen-bond acceptors (Lipinski definition) is 2. The van der Waals surface area contributed by atoms with Crippen LogP contribution in [-0.4, -0.2) is 5.91 Å². The number of carbonyl (C=O) groups excluding carboxylic acids is 1. The fourth-order valence-corrected chi connectivity index (χ4v) is 1.89. The van der Waals surface area contributed by atoms with E-state index in [2.05, 4.69) is 5.32 Å². The highest BCUT2D eigenvalue weighted by Crippen LogP contribution is 2.19. The van der Waals surface area contributed by atoms with Crippen molar-refractivity contribution in [1.82, 2.24) is 0 Å². The van der Waals surface area contributed by atoms with Gasteiger partial charge >= 0.3 is 0 Å². The van der Waals surface area contributed by atoms with Crippen molar-refractivity contribution in [2.75, 3.05) is 11.1 Å². The first kappa shape index (κ1) is 12.5. The number of carbonyl (C=O) groups is 1. The van der Waals surface area contributed by atoms with E-state index in [1.165, 1.54) is 0 Å². The summed E-state index contributed by atoms with van der Waals surface area (Å²) in [6.45, 7) is 1.93. The third kappa shape index (κ3) is 2.81. The molecule has 0 spiro atoms. The Morgan fingerprint density at radius 2 is 1.94 bits per heavy atom. The maximum absolute atomic E-state index is 12.0. The second-order valence-corrected chi connectivity index (χ2v) is 4.48. The van der Waals surface area contributed by atoms with E-state index in [-0.39, 0.29) is 5.91 Å². The van der Waals surface area contributed by atoms with Crippen LogP contribution in [0.15, 0.2) is 42.5 Å². The highest BCUT2D eigenvalue weighted by atomic mass is 35.5. The Kier molecular flexibility index (Phi) is 3.53. The SMILES string of the molecule is Cc1ccccc1NC(=O)c1cc(N)cc(Cl)c1. The van der Waals surface area contributed by atoms with Gasteiger partial charge in [0, 0.05) is 22.0 Å². The Balaban J connectivity index is 2.25. The number of para-hydroxylation sites is 1. The van der Waals surface area contributed by atoms with Gasteiger partial charge in [-0.15, -0.1) is 0 Å². The highest BCUT2D eigenvalue weighted by molar-refractivity contribution is 6.31. The van der Waals surface area contributed by atoms with E-state index in [1.807, 2.05) is 31.2 Å². The van der Waals surface area contributed by atoms with Crippen molar-refractivity contribution in [3.63, 3.8) is 0 Å². The molecule has 0 saturated heterocycles. The van der Waals surface area contributed by atoms with Gasteiger partial charge in [-0.25, -0.2) is 0 Å². The number of nitrogens with one attached hydrogen (secondary N) is 1. The summed E-state index contributed by atoms with van der Waals surface area (Å²) in [4.78, 5) is 12.0. The molecule has 2 aromatic carbocycles. The monoisotopic (exact) mass is 260 g/mol. The van der Waals surface area contributed by atoms with Crippen molar-refractivity contribution in [1.29, 1.82) is 0 Å². The van der Waals surface area contributed by atoms with E-state index >= 15 is 0 Å². The lowest BCUT2D eigenvalue weighted by Gasteiger charge is -2.08. The minimum Gasteiger partial charge on any atom is -0.399 e. The van der Waals surface area contributed by atoms with Crippen LogP contribution >= 0.6 is 11.6 Å². The van der Waals surface area contributed by atoms with Crippen molar-refractivity contribution < 1.29 is 4.79 Å². The molecule has 0 aromatic heterocycles. The topological polar surface area (TPSA) is 55.1 Å². The number of rotatable bonds is 2. The summed E-state index contributed by atoms with van der Waals surface area (Å²) in [7, 11) is 0. The number of aryl methyl sites for hydroxylation is 1. The number of halogens is 1. The Labute approximate surface area is 111 Å². The first-order chi connectivity index (χ1) is 8.56. The molecule has 0 atom stereocenters. The summed E-state index contributed by atoms with van der Waals surface area (Å²) in [5, 5.41) is 3.28. The van der Waals surface area contributed by atoms with Crippen LogP contribution in [0.4, 0.5) is 11.4 Å². The first-order valence-corrected chi connectivity index (χ1v) is 5.87. The molecular weight excluding hydrogens is 248 g/mol. The maximum atomic E-state index is 12.0. The van der Waals surface area contributed by atoms with Crippen LogP contribution in [0.2, 0.25) is 5.02 Å². The molecule has 0 heterocycles. The Morgan fingerprint density at radius 1 is 1.22 bits per heavy atom. The molecule has 2 aromatic rings. The fourth-order valence-electron chi connectivity index (χ4n) is 1.65. The van der Waals surface area contributed by atoms with E-state index < -0.39 is 0 Å². The molecule has 3 N–H and O–H groups in total. The van der Waals surface area contributed by atoms with Gasteiger partial charge in [0.15, 0.2) is 0 Å². The van der Waals surface area contributed by atoms with Gasteiger partial charge in [0.25, 0.3) is 5.91 Å². The van der Waals surface area contributed by atoms with Crippen molar-refractivity contribution in [3.8, 4) is 0 Å². The predicted molar refractivity (Wildman–Crippen MR) is 75.0 cm³/mol. The molecule has 0 aliphatic heterocycles. The summed E-state index contributed by atoms with van der Waals surface area (Å²) in [6.07, 6.45) is 0. The minimum atomic E-state index is -0.224. The van der Waals surface area contributed by atoms with Crippen molar-refractivity contribution in [3.05, 3.63) is 58.6 Å². The number of anilines is 2. The molecule has 0 aliphatic carbocycles. The molecular formula is C14H13ClN2O. The van der Waals surface area contributed by atoms with Crippen molar-refractivity contribution in [2.24, 2.45) is 0 Å². The average Bonchev–Trinajstić information content (AvgIpc) is 2.31. The fraction of sp³-hybridized carbons (Fsp3) is 0.0714. The zero-order valence-electron chi connectivity index (χ0n) is 9.91. The molecule has 0 unspecified atom stereocenters. The summed E-state index contributed by atoms with van der Waals surface area (Å²) in [6, 6.07) is 12.4. The minimum absolute atomic E-state index is 0.224. The molecule has 3 nitrogen and oxygen atoms in total. The number of benzene rings is 2. The van der Waals surface area contributed by atoms with Gasteiger partial charge in [-0.05, 0) is 36.8 Å². The van der Waals surface area contributed by atoms with Gasteiger partial charge in [-0.1, -0.05) is 29.8 Å². The molecule has 4 heteroatoms. The largest absolute Gasteiger partial charge is 0.399 e. The number of amides is 1. The van der Waals surface area contributed by atoms with Gasteiger partial charge < -0.3 is 11.1 Å². The Morgan fingerprint density at radius 3 is 2.61 bits per heavy atom. The van der Waals surface area contributed by atoms with E-state index in [4.69, 9.17) is 17.3 Å². The Hall–Kier alpha value is -2.00. The summed E-state index contributed by atoms with van der Waals surface area (Å²) < 4.78 is 0. The lowest BCUT2D eigenvalue weighted by atomic mass is 10.1. The van der Waals surface area contributed by atoms with Gasteiger partial charge in [0.2, 0.25) is 0 Å². The third-order valence-corrected chi connectivity index (χ3v) is 2.79. The average molecular weight is 261 g/mol. The van der Waals surface area contributed by atoms with E-state index in [0.29, 0.717) is 16.3 Å². The van der Waals surface area contributed by atoms with Gasteiger partial charge in [-0.3, -0.25) is 4.79 Å². The van der Waals surface area contributed by atoms with Gasteiger partial charge in [-0.2, -0.15) is 0 Å². The zero-order valence-corrected chi connectivity index (χ0v) is 10.7. The molecule has 0 bridgehead atoms. The standard InChI is InChI=1S/C14H13ClN2O/c1-9-4-2-3-5-13(9)17-14(18)10-6-11(15)8-12(16)7-10/h2-8H,16H2,1H3,(H,17,18). The van der Waals surface area contributed by atoms with Crippen LogP contribution in [0.1, 0.15) is 15.9 Å². The number of hydrogen-bond donors (Lipinski definition) is 2. The van der Waals surface area contributed by atoms with Crippen molar-refractivity contribution in [2.45, 2.75) is 6.92 Å². The van der Waals surface area contributed by atoms with Crippen LogP contribution in [0.5, 0.6) is 0 Å². The summed E-state index contributed by atoms with van der Waals surface area (Å²) >= 11 is 5.87. The van der Waals surface area contributed by atoms with Crippen LogP contribution in [0, 0.1) is 6.92 Å². The molecule has 1 amide bonds. The van der Waals surface area contributed by atoms with Crippen LogP contribution in [0.25, 0.3) is 0 Å². The predicted octanol–water partition coefficient (Wildman–Crippen LogP) is 3.48. The first-order valence-electron chi connectivity index (χ1n) is 5.49. The molecule has 0 aliphatic rings. The molecule has 0 saturated carbocycles. The smallest absolute Gasteiger partial charge is 0.255 e. The molecule has 2 rings (SSSR count). The summed E-state index contributed by atoms with van der Waals surface area (Å²) in [5.41, 5.74) is 8.35. The third-order valence-electron chi connectivity index (χ3n) is 2.58. The van der Waals surface area contributed by atoms with Crippen LogP contribution in [-0.2, 0) is 0 Å². The quantitative estimate of drug-likeness (QED) is 0.812. The molecule has 92 valence electrons. The molecule has 0 radical (unpaired) electrons. The van der Waals surface area contributed by atoms with Crippen LogP contribution in [0.3, 0.4) is 0 Å².